The summed E-state index contributed by atoms with van der Waals surface area (Å²) in [6.45, 7) is 6.61. The molecule has 2 aromatic rings. The van der Waals surface area contributed by atoms with E-state index in [9.17, 15) is 9.59 Å². The number of nitrogens with zero attached hydrogens (tertiary/aromatic N) is 4. The Balaban J connectivity index is 1.84. The van der Waals surface area contributed by atoms with Gasteiger partial charge in [0.1, 0.15) is 6.17 Å². The first-order valence-electron chi connectivity index (χ1n) is 10.8. The molecule has 12 heteroatoms. The zero-order valence-electron chi connectivity index (χ0n) is 18.8. The fraction of sp³-hybridized carbons (Fsp3) is 0.429. The number of nitrogen functional groups attached to an aromatic ring is 2. The number of likely N-dealkylation sites (N-methyl/N-ethyl adjacent to an activating group) is 2. The second kappa shape index (κ2) is 10.5. The molecule has 11 nitrogen and oxygen atoms in total. The van der Waals surface area contributed by atoms with Gasteiger partial charge in [-0.25, -0.2) is 9.97 Å². The molecule has 2 heterocycles. The van der Waals surface area contributed by atoms with Crippen molar-refractivity contribution < 1.29 is 9.59 Å². The average molecular weight is 476 g/mol. The highest BCUT2D eigenvalue weighted by atomic mass is 35.5. The molecule has 178 valence electrons. The Bertz CT molecular complexity index is 1030. The fourth-order valence-corrected chi connectivity index (χ4v) is 4.10. The van der Waals surface area contributed by atoms with Crippen molar-refractivity contribution in [3.8, 4) is 0 Å². The summed E-state index contributed by atoms with van der Waals surface area (Å²) < 4.78 is 0. The van der Waals surface area contributed by atoms with Crippen LogP contribution in [-0.2, 0) is 0 Å². The molecule has 33 heavy (non-hydrogen) atoms. The molecule has 0 spiro atoms. The first kappa shape index (κ1) is 24.3. The molecule has 8 N–H and O–H groups in total. The van der Waals surface area contributed by atoms with E-state index in [0.29, 0.717) is 38.2 Å². The Labute approximate surface area is 197 Å². The van der Waals surface area contributed by atoms with Crippen LogP contribution in [0.2, 0.25) is 5.15 Å². The number of carbonyl (C=O) groups is 2. The third kappa shape index (κ3) is 4.88. The molecular formula is C21H30ClN9O2. The normalized spacial score (nSPS) is 14.8. The van der Waals surface area contributed by atoms with Crippen LogP contribution in [-0.4, -0.2) is 60.7 Å². The van der Waals surface area contributed by atoms with Gasteiger partial charge in [0.15, 0.2) is 22.5 Å². The van der Waals surface area contributed by atoms with Crippen molar-refractivity contribution in [1.29, 1.82) is 0 Å². The maximum absolute atomic E-state index is 12.9. The third-order valence-electron chi connectivity index (χ3n) is 5.49. The van der Waals surface area contributed by atoms with Crippen molar-refractivity contribution in [3.63, 3.8) is 0 Å². The van der Waals surface area contributed by atoms with Gasteiger partial charge in [-0.15, -0.1) is 0 Å². The number of hydrogen-bond donors (Lipinski definition) is 5. The highest BCUT2D eigenvalue weighted by molar-refractivity contribution is 6.31. The van der Waals surface area contributed by atoms with Crippen LogP contribution in [0.1, 0.15) is 41.1 Å². The number of rotatable bonds is 9. The molecule has 0 bridgehead atoms. The first-order valence-corrected chi connectivity index (χ1v) is 11.2. The van der Waals surface area contributed by atoms with Crippen LogP contribution in [0.4, 0.5) is 23.0 Å². The lowest BCUT2D eigenvalue weighted by Gasteiger charge is -2.32. The lowest BCUT2D eigenvalue weighted by atomic mass is 10.1. The Morgan fingerprint density at radius 1 is 1.06 bits per heavy atom. The van der Waals surface area contributed by atoms with E-state index in [2.05, 4.69) is 30.4 Å². The maximum atomic E-state index is 12.9. The van der Waals surface area contributed by atoms with Gasteiger partial charge in [0.05, 0.1) is 23.5 Å². The van der Waals surface area contributed by atoms with E-state index in [1.807, 2.05) is 26.0 Å². The lowest BCUT2D eigenvalue weighted by Crippen LogP contribution is -2.51. The summed E-state index contributed by atoms with van der Waals surface area (Å²) in [6.07, 6.45) is 0.491. The average Bonchev–Trinajstić information content (AvgIpc) is 3.12. The second-order valence-corrected chi connectivity index (χ2v) is 7.83. The number of amides is 2. The quantitative estimate of drug-likeness (QED) is 0.329. The SMILES string of the molecule is CCN1c2cccc(C(=O)NCCCN)c2N(CC)C1CNC(=O)c1nc(Cl)c(N)nc1N. The number of halogens is 1. The summed E-state index contributed by atoms with van der Waals surface area (Å²) >= 11 is 5.91. The standard InChI is InChI=1S/C21H30ClN9O2/c1-3-30-13-8-5-7-12(20(32)26-10-6-9-23)16(13)31(4-2)14(30)11-27-21(33)15-18(24)29-19(25)17(22)28-15/h5,7-8,14H,3-4,6,9-11,23H2,1-2H3,(H,26,32)(H,27,33)(H4,24,25,29). The zero-order valence-corrected chi connectivity index (χ0v) is 19.5. The predicted molar refractivity (Wildman–Crippen MR) is 130 cm³/mol. The molecular weight excluding hydrogens is 446 g/mol. The van der Waals surface area contributed by atoms with Crippen molar-refractivity contribution in [2.75, 3.05) is 54.0 Å². The molecule has 0 fully saturated rings. The number of hydrogen-bond acceptors (Lipinski definition) is 9. The van der Waals surface area contributed by atoms with Gasteiger partial charge in [0.25, 0.3) is 11.8 Å². The Kier molecular flexibility index (Phi) is 7.77. The molecule has 1 aromatic heterocycles. The van der Waals surface area contributed by atoms with Crippen LogP contribution in [0.25, 0.3) is 0 Å². The number of anilines is 4. The minimum Gasteiger partial charge on any atom is -0.382 e. The van der Waals surface area contributed by atoms with Crippen molar-refractivity contribution in [2.24, 2.45) is 5.73 Å². The summed E-state index contributed by atoms with van der Waals surface area (Å²) in [6, 6.07) is 5.64. The topological polar surface area (TPSA) is 169 Å². The summed E-state index contributed by atoms with van der Waals surface area (Å²) in [4.78, 5) is 37.7. The van der Waals surface area contributed by atoms with Crippen molar-refractivity contribution >= 4 is 46.4 Å². The number of para-hydroxylation sites is 1. The fourth-order valence-electron chi connectivity index (χ4n) is 3.97. The molecule has 3 rings (SSSR count). The largest absolute Gasteiger partial charge is 0.382 e. The number of nitrogens with two attached hydrogens (primary N) is 3. The van der Waals surface area contributed by atoms with Crippen LogP contribution >= 0.6 is 11.6 Å². The van der Waals surface area contributed by atoms with Gasteiger partial charge in [-0.1, -0.05) is 17.7 Å². The minimum atomic E-state index is -0.510. The highest BCUT2D eigenvalue weighted by Gasteiger charge is 2.37. The van der Waals surface area contributed by atoms with Gasteiger partial charge >= 0.3 is 0 Å². The Morgan fingerprint density at radius 2 is 1.79 bits per heavy atom. The highest BCUT2D eigenvalue weighted by Crippen LogP contribution is 2.41. The molecule has 1 atom stereocenters. The van der Waals surface area contributed by atoms with Crippen molar-refractivity contribution in [1.82, 2.24) is 20.6 Å². The zero-order chi connectivity index (χ0) is 24.1. The first-order chi connectivity index (χ1) is 15.8. The number of aromatic nitrogens is 2. The third-order valence-corrected chi connectivity index (χ3v) is 5.77. The molecule has 0 aliphatic carbocycles. The number of carbonyl (C=O) groups excluding carboxylic acids is 2. The smallest absolute Gasteiger partial charge is 0.273 e. The van der Waals surface area contributed by atoms with Crippen LogP contribution in [0.15, 0.2) is 18.2 Å². The van der Waals surface area contributed by atoms with Gasteiger partial charge in [0.2, 0.25) is 0 Å². The van der Waals surface area contributed by atoms with Gasteiger partial charge in [-0.3, -0.25) is 9.59 Å². The number of benzene rings is 1. The Hall–Kier alpha value is -3.31. The van der Waals surface area contributed by atoms with Crippen molar-refractivity contribution in [3.05, 3.63) is 34.6 Å². The van der Waals surface area contributed by atoms with Gasteiger partial charge in [-0.05, 0) is 38.9 Å². The van der Waals surface area contributed by atoms with E-state index < -0.39 is 5.91 Å². The van der Waals surface area contributed by atoms with Gasteiger partial charge in [-0.2, -0.15) is 0 Å². The molecule has 1 aromatic carbocycles. The molecule has 0 saturated heterocycles. The van der Waals surface area contributed by atoms with Crippen LogP contribution < -0.4 is 37.6 Å². The van der Waals surface area contributed by atoms with E-state index in [-0.39, 0.29) is 41.1 Å². The van der Waals surface area contributed by atoms with Gasteiger partial charge in [0, 0.05) is 19.6 Å². The molecule has 1 unspecified atom stereocenters. The summed E-state index contributed by atoms with van der Waals surface area (Å²) in [7, 11) is 0. The van der Waals surface area contributed by atoms with E-state index in [0.717, 1.165) is 11.4 Å². The number of nitrogens with one attached hydrogen (secondary N) is 2. The second-order valence-electron chi connectivity index (χ2n) is 7.47. The molecule has 1 aliphatic heterocycles. The van der Waals surface area contributed by atoms with Crippen LogP contribution in [0.5, 0.6) is 0 Å². The lowest BCUT2D eigenvalue weighted by molar-refractivity contribution is 0.0940. The molecule has 0 radical (unpaired) electrons. The van der Waals surface area contributed by atoms with Crippen LogP contribution in [0.3, 0.4) is 0 Å². The van der Waals surface area contributed by atoms with E-state index >= 15 is 0 Å². The predicted octanol–water partition coefficient (Wildman–Crippen LogP) is 0.795. The number of fused-ring (bicyclic) bond motifs is 1. The molecule has 1 aliphatic rings. The molecule has 0 saturated carbocycles. The minimum absolute atomic E-state index is 0.0384. The summed E-state index contributed by atoms with van der Waals surface area (Å²) in [5.41, 5.74) is 19.2. The Morgan fingerprint density at radius 3 is 2.45 bits per heavy atom. The monoisotopic (exact) mass is 475 g/mol. The maximum Gasteiger partial charge on any atom is 0.273 e. The van der Waals surface area contributed by atoms with E-state index in [4.69, 9.17) is 28.8 Å². The van der Waals surface area contributed by atoms with Crippen molar-refractivity contribution in [2.45, 2.75) is 26.4 Å². The summed E-state index contributed by atoms with van der Waals surface area (Å²) in [5.74, 6) is -0.799. The van der Waals surface area contributed by atoms with E-state index in [1.54, 1.807) is 6.07 Å². The molecule has 2 amide bonds. The summed E-state index contributed by atoms with van der Waals surface area (Å²) in [5, 5.41) is 5.70. The van der Waals surface area contributed by atoms with E-state index in [1.165, 1.54) is 0 Å². The van der Waals surface area contributed by atoms with Gasteiger partial charge < -0.3 is 37.6 Å². The van der Waals surface area contributed by atoms with Crippen LogP contribution in [0, 0.1) is 0 Å².